The molecule has 128 valence electrons. The molecule has 0 aliphatic carbocycles. The Morgan fingerprint density at radius 1 is 0.958 bits per heavy atom. The zero-order valence-electron chi connectivity index (χ0n) is 15.2. The third-order valence-electron chi connectivity index (χ3n) is 5.00. The van der Waals surface area contributed by atoms with Gasteiger partial charge in [-0.3, -0.25) is 0 Å². The molecule has 24 heavy (non-hydrogen) atoms. The molecule has 3 rings (SSSR count). The molecule has 1 heterocycles. The number of hydrogen-bond acceptors (Lipinski definition) is 2. The number of ether oxygens (including phenoxy) is 1. The first-order valence-electron chi connectivity index (χ1n) is 8.76. The zero-order valence-corrected chi connectivity index (χ0v) is 16.2. The number of benzene rings is 2. The average molecular weight is 341 g/mol. The van der Waals surface area contributed by atoms with Gasteiger partial charge in [0.05, 0.1) is 12.2 Å². The molecule has 0 bridgehead atoms. The zero-order chi connectivity index (χ0) is 17.3. The molecule has 1 aliphatic rings. The lowest BCUT2D eigenvalue weighted by Crippen LogP contribution is -2.66. The van der Waals surface area contributed by atoms with Crippen LogP contribution in [0.15, 0.2) is 60.7 Å². The molecule has 0 amide bonds. The van der Waals surface area contributed by atoms with E-state index in [9.17, 15) is 0 Å². The van der Waals surface area contributed by atoms with Crippen LogP contribution in [-0.4, -0.2) is 27.1 Å². The topological polar surface area (TPSA) is 21.8 Å². The minimum absolute atomic E-state index is 0.0331. The first-order valence-corrected chi connectivity index (χ1v) is 10.7. The van der Waals surface area contributed by atoms with Gasteiger partial charge in [0.25, 0.3) is 8.32 Å². The summed E-state index contributed by atoms with van der Waals surface area (Å²) in [6, 6.07) is 21.6. The van der Waals surface area contributed by atoms with Crippen LogP contribution in [0, 0.1) is 0 Å². The predicted molar refractivity (Wildman–Crippen MR) is 103 cm³/mol. The Hall–Kier alpha value is -1.42. The van der Waals surface area contributed by atoms with Crippen molar-refractivity contribution < 1.29 is 9.16 Å². The van der Waals surface area contributed by atoms with Crippen LogP contribution in [-0.2, 0) is 9.16 Å². The monoisotopic (exact) mass is 340 g/mol. The van der Waals surface area contributed by atoms with E-state index in [0.717, 1.165) is 19.6 Å². The Labute approximate surface area is 146 Å². The fourth-order valence-corrected chi connectivity index (χ4v) is 8.01. The van der Waals surface area contributed by atoms with Gasteiger partial charge < -0.3 is 9.16 Å². The Morgan fingerprint density at radius 2 is 1.42 bits per heavy atom. The van der Waals surface area contributed by atoms with Gasteiger partial charge in [-0.1, -0.05) is 81.4 Å². The maximum absolute atomic E-state index is 6.84. The molecule has 1 fully saturated rings. The molecule has 0 aromatic heterocycles. The van der Waals surface area contributed by atoms with Gasteiger partial charge >= 0.3 is 0 Å². The molecule has 2 nitrogen and oxygen atoms in total. The van der Waals surface area contributed by atoms with E-state index in [1.807, 2.05) is 0 Å². The van der Waals surface area contributed by atoms with E-state index in [1.54, 1.807) is 0 Å². The van der Waals surface area contributed by atoms with Gasteiger partial charge in [-0.05, 0) is 22.3 Å². The fourth-order valence-electron chi connectivity index (χ4n) is 3.45. The lowest BCUT2D eigenvalue weighted by atomic mass is 10.1. The lowest BCUT2D eigenvalue weighted by molar-refractivity contribution is 0.230. The van der Waals surface area contributed by atoms with Crippen molar-refractivity contribution in [3.63, 3.8) is 0 Å². The van der Waals surface area contributed by atoms with Crippen LogP contribution in [0.4, 0.5) is 0 Å². The number of rotatable bonds is 6. The quantitative estimate of drug-likeness (QED) is 0.590. The van der Waals surface area contributed by atoms with Crippen LogP contribution < -0.4 is 10.4 Å². The van der Waals surface area contributed by atoms with E-state index in [4.69, 9.17) is 9.16 Å². The summed E-state index contributed by atoms with van der Waals surface area (Å²) in [7, 11) is -2.38. The van der Waals surface area contributed by atoms with E-state index in [2.05, 4.69) is 88.4 Å². The van der Waals surface area contributed by atoms with Gasteiger partial charge in [-0.2, -0.15) is 0 Å². The predicted octanol–water partition coefficient (Wildman–Crippen LogP) is 3.74. The molecule has 1 unspecified atom stereocenters. The van der Waals surface area contributed by atoms with Crippen molar-refractivity contribution in [1.29, 1.82) is 0 Å². The molecular formula is C21H28O2Si. The van der Waals surface area contributed by atoms with Crippen LogP contribution >= 0.6 is 0 Å². The summed E-state index contributed by atoms with van der Waals surface area (Å²) in [5, 5.41) is 2.72. The first-order chi connectivity index (χ1) is 11.4. The smallest absolute Gasteiger partial charge is 0.261 e. The van der Waals surface area contributed by atoms with E-state index < -0.39 is 8.32 Å². The second kappa shape index (κ2) is 6.47. The van der Waals surface area contributed by atoms with Gasteiger partial charge in [-0.15, -0.1) is 0 Å². The summed E-state index contributed by atoms with van der Waals surface area (Å²) in [5.74, 6) is 0. The highest BCUT2D eigenvalue weighted by molar-refractivity contribution is 6.99. The van der Waals surface area contributed by atoms with Crippen LogP contribution in [0.1, 0.15) is 34.1 Å². The second-order valence-electron chi connectivity index (χ2n) is 8.00. The third kappa shape index (κ3) is 3.34. The van der Waals surface area contributed by atoms with Crippen LogP contribution in [0.2, 0.25) is 5.04 Å². The summed E-state index contributed by atoms with van der Waals surface area (Å²) in [6.07, 6.45) is 0.956. The minimum Gasteiger partial charge on any atom is -0.407 e. The van der Waals surface area contributed by atoms with Crippen molar-refractivity contribution in [2.45, 2.75) is 44.8 Å². The van der Waals surface area contributed by atoms with Crippen LogP contribution in [0.5, 0.6) is 0 Å². The van der Waals surface area contributed by atoms with Crippen molar-refractivity contribution in [2.75, 3.05) is 13.2 Å². The summed E-state index contributed by atoms with van der Waals surface area (Å²) >= 11 is 0. The molecule has 3 heteroatoms. The van der Waals surface area contributed by atoms with Crippen LogP contribution in [0.25, 0.3) is 0 Å². The summed E-state index contributed by atoms with van der Waals surface area (Å²) in [5.41, 5.74) is 0.0331. The van der Waals surface area contributed by atoms with Gasteiger partial charge in [0, 0.05) is 13.0 Å². The summed E-state index contributed by atoms with van der Waals surface area (Å²) in [6.45, 7) is 10.7. The molecular weight excluding hydrogens is 312 g/mol. The maximum atomic E-state index is 6.84. The normalized spacial score (nSPS) is 20.8. The SMILES string of the molecule is CC1(CCO[Si](c2ccccc2)(c2ccccc2)C(C)(C)C)CO1. The molecule has 2 aromatic rings. The maximum Gasteiger partial charge on any atom is 0.261 e. The Kier molecular flexibility index (Phi) is 4.69. The van der Waals surface area contributed by atoms with Crippen molar-refractivity contribution in [3.05, 3.63) is 60.7 Å². The minimum atomic E-state index is -2.38. The third-order valence-corrected chi connectivity index (χ3v) is 10.0. The molecule has 0 N–H and O–H groups in total. The van der Waals surface area contributed by atoms with E-state index in [0.29, 0.717) is 0 Å². The lowest BCUT2D eigenvalue weighted by Gasteiger charge is -2.43. The van der Waals surface area contributed by atoms with E-state index >= 15 is 0 Å². The highest BCUT2D eigenvalue weighted by Crippen LogP contribution is 2.38. The van der Waals surface area contributed by atoms with Gasteiger partial charge in [0.2, 0.25) is 0 Å². The Morgan fingerprint density at radius 3 is 1.79 bits per heavy atom. The van der Waals surface area contributed by atoms with Crippen molar-refractivity contribution in [2.24, 2.45) is 0 Å². The van der Waals surface area contributed by atoms with E-state index in [1.165, 1.54) is 10.4 Å². The number of hydrogen-bond donors (Lipinski definition) is 0. The standard InChI is InChI=1S/C21H28O2Si/c1-20(2,3)24(18-11-7-5-8-12-18,19-13-9-6-10-14-19)23-16-15-21(4)17-22-21/h5-14H,15-17H2,1-4H3. The highest BCUT2D eigenvalue weighted by atomic mass is 28.4. The Balaban J connectivity index is 2.03. The average Bonchev–Trinajstić information content (AvgIpc) is 3.30. The molecule has 0 saturated carbocycles. The molecule has 0 spiro atoms. The molecule has 1 aliphatic heterocycles. The fraction of sp³-hybridized carbons (Fsp3) is 0.429. The van der Waals surface area contributed by atoms with Crippen molar-refractivity contribution >= 4 is 18.7 Å². The van der Waals surface area contributed by atoms with Crippen LogP contribution in [0.3, 0.4) is 0 Å². The van der Waals surface area contributed by atoms with E-state index in [-0.39, 0.29) is 10.6 Å². The van der Waals surface area contributed by atoms with Gasteiger partial charge in [0.15, 0.2) is 0 Å². The molecule has 1 saturated heterocycles. The first kappa shape index (κ1) is 17.4. The highest BCUT2D eigenvalue weighted by Gasteiger charge is 2.50. The number of epoxide rings is 1. The van der Waals surface area contributed by atoms with Gasteiger partial charge in [0.1, 0.15) is 0 Å². The molecule has 2 aromatic carbocycles. The van der Waals surface area contributed by atoms with Crippen molar-refractivity contribution in [1.82, 2.24) is 0 Å². The molecule has 0 radical (unpaired) electrons. The van der Waals surface area contributed by atoms with Gasteiger partial charge in [-0.25, -0.2) is 0 Å². The summed E-state index contributed by atoms with van der Waals surface area (Å²) in [4.78, 5) is 0. The largest absolute Gasteiger partial charge is 0.407 e. The Bertz CT molecular complexity index is 618. The molecule has 1 atom stereocenters. The second-order valence-corrected chi connectivity index (χ2v) is 12.3. The van der Waals surface area contributed by atoms with Crippen molar-refractivity contribution in [3.8, 4) is 0 Å². The summed E-state index contributed by atoms with van der Waals surface area (Å²) < 4.78 is 12.4.